The molecule has 37 heavy (non-hydrogen) atoms. The molecule has 0 radical (unpaired) electrons. The quantitative estimate of drug-likeness (QED) is 0.334. The van der Waals surface area contributed by atoms with E-state index in [1.165, 1.54) is 0 Å². The van der Waals surface area contributed by atoms with Gasteiger partial charge in [-0.2, -0.15) is 0 Å². The van der Waals surface area contributed by atoms with E-state index >= 15 is 0 Å². The molecule has 12 heteroatoms. The number of aliphatic hydroxyl groups excluding tert-OH is 2. The molecule has 0 aliphatic carbocycles. The zero-order chi connectivity index (χ0) is 24.2. The molecule has 2 saturated heterocycles. The minimum atomic E-state index is -1.00. The Kier molecular flexibility index (Phi) is 10.4. The maximum absolute atomic E-state index is 12.9. The van der Waals surface area contributed by atoms with E-state index in [1.807, 2.05) is 41.4 Å². The van der Waals surface area contributed by atoms with Gasteiger partial charge in [-0.05, 0) is 24.9 Å². The van der Waals surface area contributed by atoms with Gasteiger partial charge in [0, 0.05) is 50.4 Å². The van der Waals surface area contributed by atoms with Crippen LogP contribution in [0.5, 0.6) is 5.88 Å². The molecule has 0 spiro atoms. The molecule has 10 nitrogen and oxygen atoms in total. The van der Waals surface area contributed by atoms with E-state index in [0.717, 1.165) is 41.6 Å². The van der Waals surface area contributed by atoms with Crippen LogP contribution in [0.15, 0.2) is 36.5 Å². The van der Waals surface area contributed by atoms with Crippen molar-refractivity contribution < 1.29 is 19.7 Å². The third kappa shape index (κ3) is 6.45. The van der Waals surface area contributed by atoms with E-state index < -0.39 is 12.7 Å². The Morgan fingerprint density at radius 1 is 1.16 bits per heavy atom. The number of nitrogens with one attached hydrogen (secondary N) is 2. The maximum atomic E-state index is 12.9. The number of aromatic nitrogens is 3. The van der Waals surface area contributed by atoms with Crippen LogP contribution in [0.2, 0.25) is 0 Å². The summed E-state index contributed by atoms with van der Waals surface area (Å²) >= 11 is 0. The van der Waals surface area contributed by atoms with Gasteiger partial charge < -0.3 is 30.1 Å². The number of aromatic amines is 1. The number of pyridine rings is 1. The van der Waals surface area contributed by atoms with Gasteiger partial charge in [0.25, 0.3) is 0 Å². The highest BCUT2D eigenvalue weighted by Gasteiger charge is 2.28. The summed E-state index contributed by atoms with van der Waals surface area (Å²) in [5.41, 5.74) is 3.49. The van der Waals surface area contributed by atoms with Crippen LogP contribution in [0, 0.1) is 0 Å². The first-order valence-corrected chi connectivity index (χ1v) is 12.2. The van der Waals surface area contributed by atoms with Crippen molar-refractivity contribution in [3.8, 4) is 17.0 Å². The molecule has 2 fully saturated rings. The van der Waals surface area contributed by atoms with Gasteiger partial charge in [0.15, 0.2) is 5.65 Å². The highest BCUT2D eigenvalue weighted by Crippen LogP contribution is 2.40. The SMILES string of the molecule is Cl.Cl.O=C(CC1CCCN1)N1CCN(c2c(-c3ccccc3)cnc3[nH]nc(OCC(O)CO)c23)CC1. The molecule has 3 aromatic rings. The van der Waals surface area contributed by atoms with Gasteiger partial charge in [-0.1, -0.05) is 30.3 Å². The van der Waals surface area contributed by atoms with Crippen LogP contribution in [-0.2, 0) is 4.79 Å². The number of H-pyrrole nitrogens is 1. The van der Waals surface area contributed by atoms with Gasteiger partial charge in [-0.25, -0.2) is 4.98 Å². The van der Waals surface area contributed by atoms with Gasteiger partial charge >= 0.3 is 0 Å². The summed E-state index contributed by atoms with van der Waals surface area (Å²) in [5.74, 6) is 0.538. The van der Waals surface area contributed by atoms with E-state index in [9.17, 15) is 15.0 Å². The Bertz CT molecular complexity index is 1150. The number of ether oxygens (including phenoxy) is 1. The number of hydrogen-bond donors (Lipinski definition) is 4. The van der Waals surface area contributed by atoms with Gasteiger partial charge in [-0.15, -0.1) is 29.9 Å². The van der Waals surface area contributed by atoms with Crippen LogP contribution in [0.25, 0.3) is 22.2 Å². The fraction of sp³-hybridized carbons (Fsp3) is 0.480. The number of halogens is 2. The Morgan fingerprint density at radius 2 is 1.92 bits per heavy atom. The van der Waals surface area contributed by atoms with E-state index in [-0.39, 0.29) is 37.3 Å². The normalized spacial score (nSPS) is 18.3. The minimum absolute atomic E-state index is 0. The molecule has 2 aromatic heterocycles. The van der Waals surface area contributed by atoms with Crippen LogP contribution in [-0.4, -0.2) is 94.3 Å². The lowest BCUT2D eigenvalue weighted by Gasteiger charge is -2.37. The van der Waals surface area contributed by atoms with Gasteiger partial charge in [0.1, 0.15) is 18.1 Å². The monoisotopic (exact) mass is 552 g/mol. The summed E-state index contributed by atoms with van der Waals surface area (Å²) in [7, 11) is 0. The number of piperazine rings is 1. The van der Waals surface area contributed by atoms with Crippen molar-refractivity contribution in [3.63, 3.8) is 0 Å². The van der Waals surface area contributed by atoms with Crippen LogP contribution < -0.4 is 15.0 Å². The molecule has 2 atom stereocenters. The lowest BCUT2D eigenvalue weighted by molar-refractivity contribution is -0.131. The average molecular weight is 553 g/mol. The Hall–Kier alpha value is -2.63. The molecular formula is C25H34Cl2N6O4. The zero-order valence-corrected chi connectivity index (χ0v) is 22.1. The summed E-state index contributed by atoms with van der Waals surface area (Å²) in [6, 6.07) is 10.3. The summed E-state index contributed by atoms with van der Waals surface area (Å²) < 4.78 is 5.78. The predicted octanol–water partition coefficient (Wildman–Crippen LogP) is 1.99. The molecule has 4 N–H and O–H groups in total. The number of carbonyl (C=O) groups excluding carboxylic acids is 1. The first kappa shape index (κ1) is 28.9. The predicted molar refractivity (Wildman–Crippen MR) is 147 cm³/mol. The number of fused-ring (bicyclic) bond motifs is 1. The summed E-state index contributed by atoms with van der Waals surface area (Å²) in [6.45, 7) is 3.15. The number of amides is 1. The number of rotatable bonds is 8. The summed E-state index contributed by atoms with van der Waals surface area (Å²) in [5, 5.41) is 30.3. The third-order valence-corrected chi connectivity index (χ3v) is 6.77. The van der Waals surface area contributed by atoms with Crippen LogP contribution >= 0.6 is 24.8 Å². The first-order chi connectivity index (χ1) is 17.1. The fourth-order valence-corrected chi connectivity index (χ4v) is 4.89. The molecular weight excluding hydrogens is 519 g/mol. The number of carbonyl (C=O) groups is 1. The van der Waals surface area contributed by atoms with Gasteiger partial charge in [-0.3, -0.25) is 9.89 Å². The van der Waals surface area contributed by atoms with Crippen LogP contribution in [0.4, 0.5) is 5.69 Å². The Balaban J connectivity index is 0.00000190. The molecule has 0 saturated carbocycles. The van der Waals surface area contributed by atoms with Crippen molar-refractivity contribution in [1.82, 2.24) is 25.4 Å². The standard InChI is InChI=1S/C25H32N6O4.2ClH/c32-15-19(33)16-35-25-22-23(20(14-27-24(22)28-29-25)17-5-2-1-3-6-17)31-11-9-30(10-12-31)21(34)13-18-7-4-8-26-18;;/h1-3,5-6,14,18-19,26,32-33H,4,7-13,15-16H2,(H,27,28,29);2*1H. The number of benzene rings is 1. The fourth-order valence-electron chi connectivity index (χ4n) is 4.89. The molecule has 2 aliphatic heterocycles. The zero-order valence-electron chi connectivity index (χ0n) is 20.5. The van der Waals surface area contributed by atoms with Crippen molar-refractivity contribution in [2.45, 2.75) is 31.4 Å². The minimum Gasteiger partial charge on any atom is -0.473 e. The summed E-state index contributed by atoms with van der Waals surface area (Å²) in [6.07, 6.45) is 3.59. The van der Waals surface area contributed by atoms with Crippen molar-refractivity contribution in [2.24, 2.45) is 0 Å². The summed E-state index contributed by atoms with van der Waals surface area (Å²) in [4.78, 5) is 21.7. The second kappa shape index (κ2) is 13.3. The second-order valence-corrected chi connectivity index (χ2v) is 9.15. The second-order valence-electron chi connectivity index (χ2n) is 9.15. The number of anilines is 1. The third-order valence-electron chi connectivity index (χ3n) is 6.77. The van der Waals surface area contributed by atoms with E-state index in [4.69, 9.17) is 4.74 Å². The van der Waals surface area contributed by atoms with Crippen LogP contribution in [0.1, 0.15) is 19.3 Å². The van der Waals surface area contributed by atoms with Crippen LogP contribution in [0.3, 0.4) is 0 Å². The number of aliphatic hydroxyl groups is 2. The molecule has 202 valence electrons. The number of nitrogens with zero attached hydrogens (tertiary/aromatic N) is 4. The topological polar surface area (TPSA) is 127 Å². The van der Waals surface area contributed by atoms with Crippen molar-refractivity contribution in [2.75, 3.05) is 50.8 Å². The lowest BCUT2D eigenvalue weighted by atomic mass is 10.0. The first-order valence-electron chi connectivity index (χ1n) is 12.2. The van der Waals surface area contributed by atoms with Gasteiger partial charge in [0.05, 0.1) is 12.3 Å². The van der Waals surface area contributed by atoms with E-state index in [2.05, 4.69) is 25.4 Å². The van der Waals surface area contributed by atoms with Crippen molar-refractivity contribution >= 4 is 47.4 Å². The highest BCUT2D eigenvalue weighted by molar-refractivity contribution is 6.01. The largest absolute Gasteiger partial charge is 0.473 e. The smallest absolute Gasteiger partial charge is 0.244 e. The lowest BCUT2D eigenvalue weighted by Crippen LogP contribution is -2.50. The van der Waals surface area contributed by atoms with Gasteiger partial charge in [0.2, 0.25) is 11.8 Å². The molecule has 5 rings (SSSR count). The Morgan fingerprint density at radius 3 is 2.59 bits per heavy atom. The molecule has 0 bridgehead atoms. The van der Waals surface area contributed by atoms with E-state index in [0.29, 0.717) is 50.2 Å². The molecule has 2 aliphatic rings. The molecule has 1 amide bonds. The van der Waals surface area contributed by atoms with E-state index in [1.54, 1.807) is 0 Å². The average Bonchev–Trinajstić information content (AvgIpc) is 3.57. The maximum Gasteiger partial charge on any atom is 0.244 e. The highest BCUT2D eigenvalue weighted by atomic mass is 35.5. The molecule has 4 heterocycles. The van der Waals surface area contributed by atoms with Crippen molar-refractivity contribution in [1.29, 1.82) is 0 Å². The number of hydrogen-bond acceptors (Lipinski definition) is 8. The molecule has 1 aromatic carbocycles. The Labute approximate surface area is 228 Å². The van der Waals surface area contributed by atoms with Crippen molar-refractivity contribution in [3.05, 3.63) is 36.5 Å². The molecule has 2 unspecified atom stereocenters.